The first-order chi connectivity index (χ1) is 7.88. The highest BCUT2D eigenvalue weighted by Gasteiger charge is 2.01. The van der Waals surface area contributed by atoms with E-state index in [0.717, 1.165) is 12.8 Å². The van der Waals surface area contributed by atoms with Crippen LogP contribution in [-0.2, 0) is 16.6 Å². The molecule has 5 heteroatoms. The van der Waals surface area contributed by atoms with E-state index in [9.17, 15) is 8.42 Å². The summed E-state index contributed by atoms with van der Waals surface area (Å²) in [4.78, 5) is 0. The van der Waals surface area contributed by atoms with Gasteiger partial charge in [-0.15, -0.1) is 0 Å². The number of benzene rings is 1. The highest BCUT2D eigenvalue weighted by molar-refractivity contribution is 7.87. The van der Waals surface area contributed by atoms with Gasteiger partial charge in [0.15, 0.2) is 0 Å². The minimum absolute atomic E-state index is 0.380. The van der Waals surface area contributed by atoms with Gasteiger partial charge >= 0.3 is 0 Å². The van der Waals surface area contributed by atoms with Crippen LogP contribution in [0.5, 0.6) is 0 Å². The topological polar surface area (TPSA) is 72.2 Å². The van der Waals surface area contributed by atoms with E-state index < -0.39 is 10.2 Å². The molecule has 0 heterocycles. The minimum atomic E-state index is -3.55. The van der Waals surface area contributed by atoms with Gasteiger partial charge in [-0.2, -0.15) is 8.42 Å². The molecule has 0 radical (unpaired) electrons. The molecular formula is C12H20N2O2S. The fourth-order valence-corrected chi connectivity index (χ4v) is 2.00. The van der Waals surface area contributed by atoms with Crippen molar-refractivity contribution in [3.63, 3.8) is 0 Å². The predicted molar refractivity (Wildman–Crippen MR) is 70.0 cm³/mol. The second-order valence-corrected chi connectivity index (χ2v) is 5.82. The molecule has 0 saturated carbocycles. The second kappa shape index (κ2) is 6.14. The SMILES string of the molecule is CC(C)c1ccc(CCCNS(N)(=O)=O)cc1. The van der Waals surface area contributed by atoms with Crippen molar-refractivity contribution in [2.45, 2.75) is 32.6 Å². The summed E-state index contributed by atoms with van der Waals surface area (Å²) in [5.41, 5.74) is 2.53. The number of nitrogens with two attached hydrogens (primary N) is 1. The van der Waals surface area contributed by atoms with Crippen LogP contribution in [0, 0.1) is 0 Å². The van der Waals surface area contributed by atoms with E-state index in [4.69, 9.17) is 5.14 Å². The van der Waals surface area contributed by atoms with Gasteiger partial charge < -0.3 is 0 Å². The lowest BCUT2D eigenvalue weighted by Gasteiger charge is -2.07. The summed E-state index contributed by atoms with van der Waals surface area (Å²) in [5.74, 6) is 0.535. The Hall–Kier alpha value is -0.910. The molecule has 0 saturated heterocycles. The summed E-state index contributed by atoms with van der Waals surface area (Å²) in [6, 6.07) is 8.42. The zero-order chi connectivity index (χ0) is 12.9. The standard InChI is InChI=1S/C12H20N2O2S/c1-10(2)12-7-5-11(6-8-12)4-3-9-14-17(13,15)16/h5-8,10,14H,3-4,9H2,1-2H3,(H2,13,15,16). The van der Waals surface area contributed by atoms with Gasteiger partial charge in [0.05, 0.1) is 0 Å². The number of nitrogens with one attached hydrogen (secondary N) is 1. The Morgan fingerprint density at radius 3 is 2.29 bits per heavy atom. The maximum absolute atomic E-state index is 10.6. The third-order valence-corrected chi connectivity index (χ3v) is 3.20. The van der Waals surface area contributed by atoms with E-state index in [1.54, 1.807) is 0 Å². The molecule has 0 spiro atoms. The molecule has 1 aromatic rings. The lowest BCUT2D eigenvalue weighted by molar-refractivity contribution is 0.580. The van der Waals surface area contributed by atoms with Crippen molar-refractivity contribution in [3.8, 4) is 0 Å². The second-order valence-electron chi connectivity index (χ2n) is 4.44. The highest BCUT2D eigenvalue weighted by atomic mass is 32.2. The van der Waals surface area contributed by atoms with Gasteiger partial charge in [-0.05, 0) is 29.9 Å². The van der Waals surface area contributed by atoms with Crippen molar-refractivity contribution in [2.75, 3.05) is 6.54 Å². The molecule has 1 aromatic carbocycles. The number of rotatable bonds is 6. The molecule has 0 aliphatic heterocycles. The van der Waals surface area contributed by atoms with Crippen molar-refractivity contribution in [1.82, 2.24) is 4.72 Å². The van der Waals surface area contributed by atoms with E-state index in [2.05, 4.69) is 42.8 Å². The Morgan fingerprint density at radius 1 is 1.24 bits per heavy atom. The zero-order valence-corrected chi connectivity index (χ0v) is 11.1. The van der Waals surface area contributed by atoms with Gasteiger partial charge in [0.25, 0.3) is 10.2 Å². The van der Waals surface area contributed by atoms with Crippen molar-refractivity contribution in [3.05, 3.63) is 35.4 Å². The van der Waals surface area contributed by atoms with Gasteiger partial charge in [-0.1, -0.05) is 38.1 Å². The predicted octanol–water partition coefficient (Wildman–Crippen LogP) is 1.54. The molecule has 4 nitrogen and oxygen atoms in total. The maximum atomic E-state index is 10.6. The van der Waals surface area contributed by atoms with Crippen molar-refractivity contribution < 1.29 is 8.42 Å². The summed E-state index contributed by atoms with van der Waals surface area (Å²) >= 11 is 0. The summed E-state index contributed by atoms with van der Waals surface area (Å²) in [7, 11) is -3.55. The largest absolute Gasteiger partial charge is 0.274 e. The first kappa shape index (κ1) is 14.2. The average molecular weight is 256 g/mol. The van der Waals surface area contributed by atoms with Crippen molar-refractivity contribution in [1.29, 1.82) is 0 Å². The molecule has 1 rings (SSSR count). The number of aryl methyl sites for hydroxylation is 1. The summed E-state index contributed by atoms with van der Waals surface area (Å²) in [6.45, 7) is 4.70. The molecule has 0 aromatic heterocycles. The maximum Gasteiger partial charge on any atom is 0.274 e. The van der Waals surface area contributed by atoms with Gasteiger partial charge in [0.2, 0.25) is 0 Å². The van der Waals surface area contributed by atoms with Crippen LogP contribution in [0.4, 0.5) is 0 Å². The zero-order valence-electron chi connectivity index (χ0n) is 10.3. The van der Waals surface area contributed by atoms with Crippen molar-refractivity contribution in [2.24, 2.45) is 5.14 Å². The molecule has 0 bridgehead atoms. The van der Waals surface area contributed by atoms with Crippen molar-refractivity contribution >= 4 is 10.2 Å². The van der Waals surface area contributed by atoms with Gasteiger partial charge in [-0.25, -0.2) is 9.86 Å². The number of hydrogen-bond donors (Lipinski definition) is 2. The molecule has 3 N–H and O–H groups in total. The fourth-order valence-electron chi connectivity index (χ4n) is 1.58. The van der Waals surface area contributed by atoms with Gasteiger partial charge in [0.1, 0.15) is 0 Å². The molecule has 96 valence electrons. The van der Waals surface area contributed by atoms with Gasteiger partial charge in [-0.3, -0.25) is 0 Å². The van der Waals surface area contributed by atoms with Crippen LogP contribution in [-0.4, -0.2) is 15.0 Å². The van der Waals surface area contributed by atoms with Crippen LogP contribution in [0.25, 0.3) is 0 Å². The smallest absolute Gasteiger partial charge is 0.216 e. The molecular weight excluding hydrogens is 236 g/mol. The molecule has 0 fully saturated rings. The van der Waals surface area contributed by atoms with Crippen LogP contribution < -0.4 is 9.86 Å². The Kier molecular flexibility index (Phi) is 5.11. The van der Waals surface area contributed by atoms with Crippen LogP contribution in [0.3, 0.4) is 0 Å². The monoisotopic (exact) mass is 256 g/mol. The molecule has 0 atom stereocenters. The minimum Gasteiger partial charge on any atom is -0.216 e. The quantitative estimate of drug-likeness (QED) is 0.758. The molecule has 0 aliphatic carbocycles. The molecule has 0 aliphatic rings. The van der Waals surface area contributed by atoms with E-state index in [-0.39, 0.29) is 0 Å². The Labute approximate surface area is 103 Å². The summed E-state index contributed by atoms with van der Waals surface area (Å²) in [6.07, 6.45) is 1.60. The summed E-state index contributed by atoms with van der Waals surface area (Å²) < 4.78 is 23.5. The van der Waals surface area contributed by atoms with Crippen LogP contribution >= 0.6 is 0 Å². The molecule has 17 heavy (non-hydrogen) atoms. The molecule has 0 unspecified atom stereocenters. The van der Waals surface area contributed by atoms with Gasteiger partial charge in [0, 0.05) is 6.54 Å². The normalized spacial score (nSPS) is 12.0. The molecule has 0 amide bonds. The third-order valence-electron chi connectivity index (χ3n) is 2.59. The summed E-state index contributed by atoms with van der Waals surface area (Å²) in [5, 5.41) is 4.83. The average Bonchev–Trinajstić information content (AvgIpc) is 2.24. The lowest BCUT2D eigenvalue weighted by atomic mass is 10.0. The fraction of sp³-hybridized carbons (Fsp3) is 0.500. The van der Waals surface area contributed by atoms with Crippen LogP contribution in [0.1, 0.15) is 37.3 Å². The first-order valence-electron chi connectivity index (χ1n) is 5.75. The third kappa shape index (κ3) is 5.81. The Balaban J connectivity index is 2.37. The van der Waals surface area contributed by atoms with Crippen LogP contribution in [0.2, 0.25) is 0 Å². The number of hydrogen-bond acceptors (Lipinski definition) is 2. The first-order valence-corrected chi connectivity index (χ1v) is 7.29. The lowest BCUT2D eigenvalue weighted by Crippen LogP contribution is -2.31. The van der Waals surface area contributed by atoms with Crippen LogP contribution in [0.15, 0.2) is 24.3 Å². The Bertz CT molecular complexity index is 438. The van der Waals surface area contributed by atoms with E-state index >= 15 is 0 Å². The Morgan fingerprint density at radius 2 is 1.82 bits per heavy atom. The van der Waals surface area contributed by atoms with E-state index in [1.165, 1.54) is 11.1 Å². The van der Waals surface area contributed by atoms with E-state index in [1.807, 2.05) is 0 Å². The van der Waals surface area contributed by atoms with E-state index in [0.29, 0.717) is 12.5 Å². The highest BCUT2D eigenvalue weighted by Crippen LogP contribution is 2.15.